The molecule has 0 aliphatic carbocycles. The predicted molar refractivity (Wildman–Crippen MR) is 55.7 cm³/mol. The van der Waals surface area contributed by atoms with E-state index in [-0.39, 0.29) is 28.0 Å². The summed E-state index contributed by atoms with van der Waals surface area (Å²) in [6.07, 6.45) is 0. The van der Waals surface area contributed by atoms with Gasteiger partial charge in [-0.05, 0) is 18.6 Å². The number of carbonyl (C=O) groups excluding carboxylic acids is 1. The second kappa shape index (κ2) is 4.25. The molecule has 3 nitrogen and oxygen atoms in total. The molecule has 0 bridgehead atoms. The van der Waals surface area contributed by atoms with Gasteiger partial charge in [-0.2, -0.15) is 5.26 Å². The van der Waals surface area contributed by atoms with Crippen molar-refractivity contribution >= 4 is 21.7 Å². The van der Waals surface area contributed by atoms with Crippen molar-refractivity contribution in [2.24, 2.45) is 0 Å². The van der Waals surface area contributed by atoms with E-state index in [1.54, 1.807) is 13.0 Å². The molecule has 14 heavy (non-hydrogen) atoms. The maximum absolute atomic E-state index is 11.4. The fraction of sp³-hybridized carbons (Fsp3) is 0.200. The minimum absolute atomic E-state index is 0.0959. The van der Waals surface area contributed by atoms with Crippen molar-refractivity contribution in [3.63, 3.8) is 0 Å². The number of carbonyl (C=O) groups is 1. The predicted octanol–water partition coefficient (Wildman–Crippen LogP) is 2.15. The van der Waals surface area contributed by atoms with Crippen LogP contribution in [0, 0.1) is 18.3 Å². The normalized spacial score (nSPS) is 9.50. The van der Waals surface area contributed by atoms with E-state index in [4.69, 9.17) is 5.26 Å². The number of alkyl halides is 1. The van der Waals surface area contributed by atoms with E-state index < -0.39 is 0 Å². The van der Waals surface area contributed by atoms with Crippen molar-refractivity contribution in [2.45, 2.75) is 6.92 Å². The Bertz CT molecular complexity index is 421. The highest BCUT2D eigenvalue weighted by Crippen LogP contribution is 2.24. The quantitative estimate of drug-likeness (QED) is 0.649. The number of nitrogens with zero attached hydrogens (tertiary/aromatic N) is 1. The second-order valence-electron chi connectivity index (χ2n) is 2.82. The van der Waals surface area contributed by atoms with Crippen molar-refractivity contribution in [3.05, 3.63) is 28.8 Å². The molecular formula is C10H8BrNO2. The second-order valence-corrected chi connectivity index (χ2v) is 3.38. The number of ketones is 1. The Hall–Kier alpha value is -1.34. The number of rotatable bonds is 2. The van der Waals surface area contributed by atoms with Crippen LogP contribution >= 0.6 is 15.9 Å². The first kappa shape index (κ1) is 10.7. The van der Waals surface area contributed by atoms with Gasteiger partial charge in [-0.15, -0.1) is 0 Å². The molecule has 0 spiro atoms. The van der Waals surface area contributed by atoms with Crippen LogP contribution in [0.25, 0.3) is 0 Å². The highest BCUT2D eigenvalue weighted by atomic mass is 79.9. The number of benzene rings is 1. The topological polar surface area (TPSA) is 61.1 Å². The smallest absolute Gasteiger partial charge is 0.178 e. The zero-order valence-corrected chi connectivity index (χ0v) is 9.13. The van der Waals surface area contributed by atoms with Crippen molar-refractivity contribution in [3.8, 4) is 11.8 Å². The molecule has 0 fully saturated rings. The molecule has 72 valence electrons. The van der Waals surface area contributed by atoms with E-state index in [9.17, 15) is 9.90 Å². The Labute approximate surface area is 90.1 Å². The fourth-order valence-electron chi connectivity index (χ4n) is 1.19. The van der Waals surface area contributed by atoms with Crippen molar-refractivity contribution < 1.29 is 9.90 Å². The summed E-state index contributed by atoms with van der Waals surface area (Å²) >= 11 is 3.00. The number of phenols is 1. The molecule has 0 saturated heterocycles. The zero-order valence-electron chi connectivity index (χ0n) is 7.54. The fourth-order valence-corrected chi connectivity index (χ4v) is 1.47. The standard InChI is InChI=1S/C10H8BrNO2/c1-6-2-3-8(13)10(7(6)5-12)9(14)4-11/h2-3,13H,4H2,1H3. The number of phenolic OH excluding ortho intramolecular Hbond substituents is 1. The highest BCUT2D eigenvalue weighted by molar-refractivity contribution is 9.09. The number of aryl methyl sites for hydroxylation is 1. The molecule has 0 atom stereocenters. The third kappa shape index (κ3) is 1.78. The Morgan fingerprint density at radius 3 is 2.79 bits per heavy atom. The molecule has 0 aromatic heterocycles. The van der Waals surface area contributed by atoms with Crippen LogP contribution in [0.3, 0.4) is 0 Å². The van der Waals surface area contributed by atoms with E-state index in [1.807, 2.05) is 6.07 Å². The molecular weight excluding hydrogens is 246 g/mol. The summed E-state index contributed by atoms with van der Waals surface area (Å²) in [6.45, 7) is 1.73. The van der Waals surface area contributed by atoms with E-state index in [0.29, 0.717) is 5.56 Å². The molecule has 0 heterocycles. The van der Waals surface area contributed by atoms with Crippen LogP contribution < -0.4 is 0 Å². The van der Waals surface area contributed by atoms with Gasteiger partial charge in [0.25, 0.3) is 0 Å². The van der Waals surface area contributed by atoms with E-state index in [1.165, 1.54) is 6.07 Å². The summed E-state index contributed by atoms with van der Waals surface area (Å²) in [6, 6.07) is 4.95. The maximum Gasteiger partial charge on any atom is 0.178 e. The Kier molecular flexibility index (Phi) is 3.26. The number of halogens is 1. The summed E-state index contributed by atoms with van der Waals surface area (Å²) in [5.74, 6) is -0.431. The first-order chi connectivity index (χ1) is 6.61. The van der Waals surface area contributed by atoms with Gasteiger partial charge in [-0.25, -0.2) is 0 Å². The van der Waals surface area contributed by atoms with Gasteiger partial charge < -0.3 is 5.11 Å². The van der Waals surface area contributed by atoms with Crippen LogP contribution in [-0.2, 0) is 0 Å². The van der Waals surface area contributed by atoms with Crippen LogP contribution in [0.1, 0.15) is 21.5 Å². The van der Waals surface area contributed by atoms with Gasteiger partial charge >= 0.3 is 0 Å². The summed E-state index contributed by atoms with van der Waals surface area (Å²) in [7, 11) is 0. The van der Waals surface area contributed by atoms with Crippen molar-refractivity contribution in [1.29, 1.82) is 5.26 Å². The maximum atomic E-state index is 11.4. The number of Topliss-reactive ketones (excluding diaryl/α,β-unsaturated/α-hetero) is 1. The van der Waals surface area contributed by atoms with Crippen molar-refractivity contribution in [2.75, 3.05) is 5.33 Å². The van der Waals surface area contributed by atoms with Gasteiger partial charge in [0.05, 0.1) is 16.5 Å². The van der Waals surface area contributed by atoms with Gasteiger partial charge in [0.1, 0.15) is 11.8 Å². The lowest BCUT2D eigenvalue weighted by atomic mass is 9.99. The lowest BCUT2D eigenvalue weighted by Gasteiger charge is -2.06. The van der Waals surface area contributed by atoms with Crippen molar-refractivity contribution in [1.82, 2.24) is 0 Å². The molecule has 4 heteroatoms. The SMILES string of the molecule is Cc1ccc(O)c(C(=O)CBr)c1C#N. The molecule has 1 rings (SSSR count). The number of hydrogen-bond donors (Lipinski definition) is 1. The molecule has 0 saturated carbocycles. The molecule has 1 aromatic rings. The van der Waals surface area contributed by atoms with Gasteiger partial charge in [-0.1, -0.05) is 22.0 Å². The summed E-state index contributed by atoms with van der Waals surface area (Å²) < 4.78 is 0. The monoisotopic (exact) mass is 253 g/mol. The van der Waals surface area contributed by atoms with E-state index in [2.05, 4.69) is 15.9 Å². The molecule has 1 aromatic carbocycles. The minimum atomic E-state index is -0.289. The summed E-state index contributed by atoms with van der Waals surface area (Å²) in [5.41, 5.74) is 1.04. The molecule has 0 aliphatic rings. The first-order valence-corrected chi connectivity index (χ1v) is 5.05. The molecule has 0 aliphatic heterocycles. The largest absolute Gasteiger partial charge is 0.507 e. The number of aromatic hydroxyl groups is 1. The molecule has 1 N–H and O–H groups in total. The van der Waals surface area contributed by atoms with E-state index >= 15 is 0 Å². The third-order valence-electron chi connectivity index (χ3n) is 1.90. The Morgan fingerprint density at radius 2 is 2.29 bits per heavy atom. The van der Waals surface area contributed by atoms with Gasteiger partial charge in [-0.3, -0.25) is 4.79 Å². The Balaban J connectivity index is 3.47. The third-order valence-corrected chi connectivity index (χ3v) is 2.41. The van der Waals surface area contributed by atoms with E-state index in [0.717, 1.165) is 0 Å². The average molecular weight is 254 g/mol. The van der Waals surface area contributed by atoms with Crippen LogP contribution in [0.2, 0.25) is 0 Å². The zero-order chi connectivity index (χ0) is 10.7. The average Bonchev–Trinajstić information content (AvgIpc) is 2.19. The lowest BCUT2D eigenvalue weighted by molar-refractivity contribution is 0.102. The lowest BCUT2D eigenvalue weighted by Crippen LogP contribution is -2.05. The number of nitriles is 1. The molecule has 0 radical (unpaired) electrons. The summed E-state index contributed by atoms with van der Waals surface area (Å²) in [4.78, 5) is 11.4. The van der Waals surface area contributed by atoms with Gasteiger partial charge in [0.2, 0.25) is 0 Å². The molecule has 0 unspecified atom stereocenters. The van der Waals surface area contributed by atoms with Gasteiger partial charge in [0.15, 0.2) is 5.78 Å². The van der Waals surface area contributed by atoms with Crippen LogP contribution in [0.15, 0.2) is 12.1 Å². The summed E-state index contributed by atoms with van der Waals surface area (Å²) in [5, 5.41) is 18.4. The molecule has 0 amide bonds. The van der Waals surface area contributed by atoms with Crippen LogP contribution in [0.4, 0.5) is 0 Å². The minimum Gasteiger partial charge on any atom is -0.507 e. The van der Waals surface area contributed by atoms with Crippen LogP contribution in [-0.4, -0.2) is 16.2 Å². The first-order valence-electron chi connectivity index (χ1n) is 3.93. The van der Waals surface area contributed by atoms with Gasteiger partial charge in [0, 0.05) is 0 Å². The highest BCUT2D eigenvalue weighted by Gasteiger charge is 2.16. The number of hydrogen-bond acceptors (Lipinski definition) is 3. The Morgan fingerprint density at radius 1 is 1.64 bits per heavy atom. The van der Waals surface area contributed by atoms with Crippen LogP contribution in [0.5, 0.6) is 5.75 Å².